The summed E-state index contributed by atoms with van der Waals surface area (Å²) in [6.45, 7) is 2.69. The number of imidazole rings is 1. The number of aliphatic hydroxyl groups is 1. The Bertz CT molecular complexity index is 1230. The summed E-state index contributed by atoms with van der Waals surface area (Å²) in [5, 5.41) is 22.4. The first-order chi connectivity index (χ1) is 15.9. The number of benzene rings is 2. The molecule has 2 heterocycles. The molecule has 1 fully saturated rings. The van der Waals surface area contributed by atoms with E-state index in [0.717, 1.165) is 5.56 Å². The first-order valence-electron chi connectivity index (χ1n) is 10.4. The molecule has 1 unspecified atom stereocenters. The number of likely N-dealkylation sites (tertiary alicyclic amines) is 1. The number of aryl methyl sites for hydroxylation is 2. The normalized spacial score (nSPS) is 17.5. The van der Waals surface area contributed by atoms with E-state index >= 15 is 0 Å². The number of nitrogens with zero attached hydrogens (tertiary/aromatic N) is 4. The van der Waals surface area contributed by atoms with Crippen LogP contribution in [0.5, 0.6) is 0 Å². The van der Waals surface area contributed by atoms with E-state index < -0.39 is 22.7 Å². The standard InChI is InChI=1S/C24H22N4O5/c1-16-6-8-17(9-7-16)22(29)20-21(18-4-2-5-19(14-18)28(32)33)27(24(31)23(20)30)12-3-11-26-13-10-25-15-26/h2,4-10,13-15,21,29H,3,11-12H2,1H3/b22-20-. The van der Waals surface area contributed by atoms with Crippen LogP contribution in [0.15, 0.2) is 72.8 Å². The number of aliphatic hydroxyl groups excluding tert-OH is 1. The van der Waals surface area contributed by atoms with E-state index in [0.29, 0.717) is 24.1 Å². The van der Waals surface area contributed by atoms with Gasteiger partial charge in [-0.3, -0.25) is 19.7 Å². The Labute approximate surface area is 189 Å². The van der Waals surface area contributed by atoms with Crippen molar-refractivity contribution in [3.05, 3.63) is 99.6 Å². The molecule has 1 aliphatic heterocycles. The van der Waals surface area contributed by atoms with Crippen LogP contribution >= 0.6 is 0 Å². The highest BCUT2D eigenvalue weighted by Crippen LogP contribution is 2.40. The van der Waals surface area contributed by atoms with Crippen molar-refractivity contribution in [2.45, 2.75) is 25.9 Å². The third-order valence-electron chi connectivity index (χ3n) is 5.64. The number of aromatic nitrogens is 2. The Morgan fingerprint density at radius 3 is 2.58 bits per heavy atom. The van der Waals surface area contributed by atoms with E-state index in [4.69, 9.17) is 0 Å². The zero-order chi connectivity index (χ0) is 23.5. The molecule has 0 aliphatic carbocycles. The number of carbonyl (C=O) groups is 2. The molecule has 0 saturated carbocycles. The molecule has 1 aromatic heterocycles. The lowest BCUT2D eigenvalue weighted by Crippen LogP contribution is -2.31. The molecule has 1 atom stereocenters. The first-order valence-corrected chi connectivity index (χ1v) is 10.4. The molecule has 1 amide bonds. The van der Waals surface area contributed by atoms with Crippen molar-refractivity contribution >= 4 is 23.1 Å². The summed E-state index contributed by atoms with van der Waals surface area (Å²) >= 11 is 0. The SMILES string of the molecule is Cc1ccc(/C(O)=C2/C(=O)C(=O)N(CCCn3ccnc3)C2c2cccc([N+](=O)[O-])c2)cc1. The lowest BCUT2D eigenvalue weighted by atomic mass is 9.94. The highest BCUT2D eigenvalue weighted by atomic mass is 16.6. The van der Waals surface area contributed by atoms with Crippen molar-refractivity contribution in [2.75, 3.05) is 6.54 Å². The van der Waals surface area contributed by atoms with Gasteiger partial charge in [-0.05, 0) is 18.9 Å². The van der Waals surface area contributed by atoms with Gasteiger partial charge >= 0.3 is 0 Å². The number of carbonyl (C=O) groups excluding carboxylic acids is 2. The largest absolute Gasteiger partial charge is 0.507 e. The second-order valence-corrected chi connectivity index (χ2v) is 7.86. The van der Waals surface area contributed by atoms with E-state index in [9.17, 15) is 24.8 Å². The van der Waals surface area contributed by atoms with E-state index in [-0.39, 0.29) is 23.6 Å². The van der Waals surface area contributed by atoms with Crippen LogP contribution in [0.2, 0.25) is 0 Å². The molecule has 1 N–H and O–H groups in total. The topological polar surface area (TPSA) is 119 Å². The van der Waals surface area contributed by atoms with Gasteiger partial charge in [-0.1, -0.05) is 42.0 Å². The van der Waals surface area contributed by atoms with Gasteiger partial charge in [-0.2, -0.15) is 0 Å². The van der Waals surface area contributed by atoms with Crippen LogP contribution in [0.3, 0.4) is 0 Å². The van der Waals surface area contributed by atoms with Gasteiger partial charge in [0.1, 0.15) is 5.76 Å². The molecule has 3 aromatic rings. The van der Waals surface area contributed by atoms with E-state index in [2.05, 4.69) is 4.98 Å². The van der Waals surface area contributed by atoms with Crippen molar-refractivity contribution in [3.63, 3.8) is 0 Å². The molecule has 168 valence electrons. The maximum absolute atomic E-state index is 13.0. The highest BCUT2D eigenvalue weighted by molar-refractivity contribution is 6.46. The van der Waals surface area contributed by atoms with Gasteiger partial charge in [0, 0.05) is 43.2 Å². The molecule has 0 radical (unpaired) electrons. The Morgan fingerprint density at radius 1 is 1.15 bits per heavy atom. The van der Waals surface area contributed by atoms with Crippen molar-refractivity contribution in [1.29, 1.82) is 0 Å². The summed E-state index contributed by atoms with van der Waals surface area (Å²) in [5.41, 5.74) is 1.52. The van der Waals surface area contributed by atoms with Crippen molar-refractivity contribution < 1.29 is 19.6 Å². The Morgan fingerprint density at radius 2 is 1.91 bits per heavy atom. The number of rotatable bonds is 7. The summed E-state index contributed by atoms with van der Waals surface area (Å²) in [5.74, 6) is -1.86. The quantitative estimate of drug-likeness (QED) is 0.195. The molecular formula is C24H22N4O5. The lowest BCUT2D eigenvalue weighted by Gasteiger charge is -2.25. The third kappa shape index (κ3) is 4.38. The summed E-state index contributed by atoms with van der Waals surface area (Å²) < 4.78 is 1.85. The van der Waals surface area contributed by atoms with Gasteiger partial charge in [-0.15, -0.1) is 0 Å². The predicted octanol–water partition coefficient (Wildman–Crippen LogP) is 3.61. The number of hydrogen-bond donors (Lipinski definition) is 1. The minimum absolute atomic E-state index is 0.0769. The summed E-state index contributed by atoms with van der Waals surface area (Å²) in [6, 6.07) is 11.8. The number of non-ortho nitro benzene ring substituents is 1. The average molecular weight is 446 g/mol. The molecule has 0 bridgehead atoms. The fourth-order valence-corrected chi connectivity index (χ4v) is 3.98. The van der Waals surface area contributed by atoms with Gasteiger partial charge in [-0.25, -0.2) is 4.98 Å². The molecule has 33 heavy (non-hydrogen) atoms. The summed E-state index contributed by atoms with van der Waals surface area (Å²) in [4.78, 5) is 42.2. The van der Waals surface area contributed by atoms with Gasteiger partial charge in [0.15, 0.2) is 0 Å². The van der Waals surface area contributed by atoms with Gasteiger partial charge in [0.2, 0.25) is 0 Å². The van der Waals surface area contributed by atoms with Crippen molar-refractivity contribution in [3.8, 4) is 0 Å². The first kappa shape index (κ1) is 21.9. The Kier molecular flexibility index (Phi) is 6.03. The Hall–Kier alpha value is -4.27. The molecule has 1 saturated heterocycles. The fraction of sp³-hybridized carbons (Fsp3) is 0.208. The van der Waals surface area contributed by atoms with E-state index in [1.807, 2.05) is 11.5 Å². The molecular weight excluding hydrogens is 424 g/mol. The zero-order valence-electron chi connectivity index (χ0n) is 17.9. The van der Waals surface area contributed by atoms with E-state index in [1.54, 1.807) is 49.1 Å². The third-order valence-corrected chi connectivity index (χ3v) is 5.64. The second kappa shape index (κ2) is 9.07. The number of hydrogen-bond acceptors (Lipinski definition) is 6. The van der Waals surface area contributed by atoms with Crippen molar-refractivity contribution in [2.24, 2.45) is 0 Å². The minimum Gasteiger partial charge on any atom is -0.507 e. The number of nitro groups is 1. The zero-order valence-corrected chi connectivity index (χ0v) is 17.9. The lowest BCUT2D eigenvalue weighted by molar-refractivity contribution is -0.384. The van der Waals surface area contributed by atoms with Crippen molar-refractivity contribution in [1.82, 2.24) is 14.5 Å². The van der Waals surface area contributed by atoms with Crippen LogP contribution < -0.4 is 0 Å². The van der Waals surface area contributed by atoms with Crippen LogP contribution in [0.25, 0.3) is 5.76 Å². The summed E-state index contributed by atoms with van der Waals surface area (Å²) in [7, 11) is 0. The van der Waals surface area contributed by atoms with Crippen LogP contribution in [-0.4, -0.2) is 42.7 Å². The molecule has 0 spiro atoms. The number of ketones is 1. The van der Waals surface area contributed by atoms with Gasteiger partial charge in [0.05, 0.1) is 22.9 Å². The number of amides is 1. The van der Waals surface area contributed by atoms with Crippen LogP contribution in [0.1, 0.15) is 29.2 Å². The predicted molar refractivity (Wildman–Crippen MR) is 120 cm³/mol. The van der Waals surface area contributed by atoms with Crippen LogP contribution in [0, 0.1) is 17.0 Å². The minimum atomic E-state index is -0.936. The van der Waals surface area contributed by atoms with Gasteiger partial charge in [0.25, 0.3) is 17.4 Å². The van der Waals surface area contributed by atoms with Crippen LogP contribution in [-0.2, 0) is 16.1 Å². The average Bonchev–Trinajstić information content (AvgIpc) is 3.41. The molecule has 9 heteroatoms. The second-order valence-electron chi connectivity index (χ2n) is 7.86. The maximum atomic E-state index is 13.0. The molecule has 9 nitrogen and oxygen atoms in total. The Balaban J connectivity index is 1.76. The molecule has 2 aromatic carbocycles. The monoisotopic (exact) mass is 446 g/mol. The van der Waals surface area contributed by atoms with Crippen LogP contribution in [0.4, 0.5) is 5.69 Å². The maximum Gasteiger partial charge on any atom is 0.295 e. The van der Waals surface area contributed by atoms with E-state index in [1.165, 1.54) is 23.1 Å². The highest BCUT2D eigenvalue weighted by Gasteiger charge is 2.46. The summed E-state index contributed by atoms with van der Waals surface area (Å²) in [6.07, 6.45) is 5.63. The molecule has 1 aliphatic rings. The molecule has 4 rings (SSSR count). The van der Waals surface area contributed by atoms with Gasteiger partial charge < -0.3 is 14.6 Å². The fourth-order valence-electron chi connectivity index (χ4n) is 3.98. The number of nitro benzene ring substituents is 1. The number of Topliss-reactive ketones (excluding diaryl/α,β-unsaturated/α-hetero) is 1. The smallest absolute Gasteiger partial charge is 0.295 e.